The summed E-state index contributed by atoms with van der Waals surface area (Å²) >= 11 is 6.24. The van der Waals surface area contributed by atoms with Crippen molar-refractivity contribution in [2.75, 3.05) is 12.0 Å². The van der Waals surface area contributed by atoms with Crippen LogP contribution in [0.15, 0.2) is 33.9 Å². The van der Waals surface area contributed by atoms with E-state index in [0.717, 1.165) is 12.2 Å². The van der Waals surface area contributed by atoms with E-state index < -0.39 is 5.69 Å². The Bertz CT molecular complexity index is 899. The molecule has 25 heavy (non-hydrogen) atoms. The molecule has 4 rings (SSSR count). The first-order valence-corrected chi connectivity index (χ1v) is 9.19. The molecule has 1 aromatic heterocycles. The molecule has 1 aromatic carbocycles. The number of benzene rings is 1. The lowest BCUT2D eigenvalue weighted by molar-refractivity contribution is -0.936. The molecule has 0 saturated heterocycles. The third kappa shape index (κ3) is 3.12. The molecule has 2 aliphatic rings. The summed E-state index contributed by atoms with van der Waals surface area (Å²) in [5.41, 5.74) is 0.839. The van der Waals surface area contributed by atoms with Crippen molar-refractivity contribution in [3.8, 4) is 0 Å². The number of hydrogen-bond donors (Lipinski definition) is 3. The van der Waals surface area contributed by atoms with E-state index in [4.69, 9.17) is 11.6 Å². The molecule has 6 nitrogen and oxygen atoms in total. The molecule has 3 N–H and O–H groups in total. The third-order valence-electron chi connectivity index (χ3n) is 5.40. The molecular weight excluding hydrogens is 340 g/mol. The fourth-order valence-corrected chi connectivity index (χ4v) is 4.23. The van der Waals surface area contributed by atoms with E-state index in [2.05, 4.69) is 10.3 Å². The Morgan fingerprint density at radius 1 is 1.20 bits per heavy atom. The minimum Gasteiger partial charge on any atom is -0.324 e. The van der Waals surface area contributed by atoms with Crippen LogP contribution in [-0.2, 0) is 13.1 Å². The van der Waals surface area contributed by atoms with Crippen LogP contribution in [0.4, 0.5) is 5.82 Å². The molecule has 0 spiro atoms. The highest BCUT2D eigenvalue weighted by molar-refractivity contribution is 6.31. The van der Waals surface area contributed by atoms with Crippen LogP contribution in [0.3, 0.4) is 0 Å². The van der Waals surface area contributed by atoms with Crippen LogP contribution in [0, 0.1) is 0 Å². The zero-order valence-corrected chi connectivity index (χ0v) is 14.7. The molecule has 0 bridgehead atoms. The van der Waals surface area contributed by atoms with E-state index in [1.807, 2.05) is 18.2 Å². The van der Waals surface area contributed by atoms with Crippen molar-refractivity contribution >= 4 is 17.4 Å². The van der Waals surface area contributed by atoms with E-state index in [-0.39, 0.29) is 5.56 Å². The number of fused-ring (bicyclic) bond motifs is 1. The van der Waals surface area contributed by atoms with Gasteiger partial charge in [0.05, 0.1) is 12.6 Å². The summed E-state index contributed by atoms with van der Waals surface area (Å²) in [7, 11) is 0. The largest absolute Gasteiger partial charge is 0.330 e. The van der Waals surface area contributed by atoms with Gasteiger partial charge in [0.2, 0.25) is 0 Å². The monoisotopic (exact) mass is 361 g/mol. The van der Waals surface area contributed by atoms with Crippen molar-refractivity contribution < 1.29 is 4.90 Å². The number of hydrogen-bond acceptors (Lipinski definition) is 3. The number of nitrogens with zero attached hydrogens (tertiary/aromatic N) is 1. The highest BCUT2D eigenvalue weighted by Gasteiger charge is 2.32. The third-order valence-corrected chi connectivity index (χ3v) is 5.77. The molecule has 1 saturated carbocycles. The van der Waals surface area contributed by atoms with Gasteiger partial charge in [0.15, 0.2) is 6.67 Å². The van der Waals surface area contributed by atoms with Crippen LogP contribution < -0.4 is 21.5 Å². The van der Waals surface area contributed by atoms with E-state index in [0.29, 0.717) is 35.5 Å². The number of rotatable bonds is 3. The lowest BCUT2D eigenvalue weighted by Crippen LogP contribution is -3.16. The first kappa shape index (κ1) is 16.4. The molecule has 1 atom stereocenters. The highest BCUT2D eigenvalue weighted by Crippen LogP contribution is 2.20. The smallest absolute Gasteiger partial charge is 0.324 e. The Labute approximate surface area is 150 Å². The molecule has 1 aliphatic heterocycles. The molecule has 0 radical (unpaired) electrons. The summed E-state index contributed by atoms with van der Waals surface area (Å²) in [4.78, 5) is 28.6. The molecule has 2 aromatic rings. The standard InChI is InChI=1S/C18H21ClN4O2/c19-15-8-4-1-5-12(15)9-23-16-14(17(24)21-18(23)25)10-22(11-20-16)13-6-2-3-7-13/h1,4-5,8,13,20H,2-3,6-7,9-11H2,(H,21,24,25)/p+1. The van der Waals surface area contributed by atoms with Crippen molar-refractivity contribution in [1.82, 2.24) is 9.55 Å². The Morgan fingerprint density at radius 2 is 1.96 bits per heavy atom. The average molecular weight is 362 g/mol. The molecule has 0 amide bonds. The number of anilines is 1. The number of aromatic nitrogens is 2. The fraction of sp³-hybridized carbons (Fsp3) is 0.444. The van der Waals surface area contributed by atoms with Crippen LogP contribution in [0.1, 0.15) is 36.8 Å². The Kier molecular flexibility index (Phi) is 4.39. The van der Waals surface area contributed by atoms with E-state index in [1.54, 1.807) is 10.6 Å². The van der Waals surface area contributed by atoms with E-state index >= 15 is 0 Å². The summed E-state index contributed by atoms with van der Waals surface area (Å²) in [6, 6.07) is 8.05. The number of aromatic amines is 1. The van der Waals surface area contributed by atoms with Gasteiger partial charge in [-0.3, -0.25) is 14.3 Å². The molecule has 2 heterocycles. The number of nitrogens with one attached hydrogen (secondary N) is 3. The second-order valence-corrected chi connectivity index (χ2v) is 7.34. The Hall–Kier alpha value is -2.05. The maximum Gasteiger partial charge on any atom is 0.330 e. The first-order valence-electron chi connectivity index (χ1n) is 8.81. The lowest BCUT2D eigenvalue weighted by Gasteiger charge is -2.32. The lowest BCUT2D eigenvalue weighted by atomic mass is 10.1. The SMILES string of the molecule is O=c1[nH]c(=O)n(Cc2ccccc2Cl)c2c1C[NH+](C1CCCC1)CN2. The summed E-state index contributed by atoms with van der Waals surface area (Å²) < 4.78 is 1.59. The van der Waals surface area contributed by atoms with Crippen LogP contribution in [0.5, 0.6) is 0 Å². The molecular formula is C18H22ClN4O2+. The van der Waals surface area contributed by atoms with Gasteiger partial charge in [-0.1, -0.05) is 29.8 Å². The van der Waals surface area contributed by atoms with Gasteiger partial charge in [0.25, 0.3) is 5.56 Å². The van der Waals surface area contributed by atoms with Crippen molar-refractivity contribution in [3.05, 3.63) is 61.3 Å². The number of quaternary nitrogens is 1. The predicted octanol–water partition coefficient (Wildman–Crippen LogP) is 0.949. The molecule has 1 fully saturated rings. The van der Waals surface area contributed by atoms with Gasteiger partial charge in [0, 0.05) is 5.02 Å². The number of halogens is 1. The minimum absolute atomic E-state index is 0.280. The van der Waals surface area contributed by atoms with Crippen LogP contribution in [-0.4, -0.2) is 22.3 Å². The topological polar surface area (TPSA) is 71.3 Å². The van der Waals surface area contributed by atoms with Gasteiger partial charge in [-0.2, -0.15) is 0 Å². The average Bonchev–Trinajstić information content (AvgIpc) is 3.14. The number of H-pyrrole nitrogens is 1. The second-order valence-electron chi connectivity index (χ2n) is 6.93. The molecule has 1 aliphatic carbocycles. The van der Waals surface area contributed by atoms with Crippen molar-refractivity contribution in [3.63, 3.8) is 0 Å². The van der Waals surface area contributed by atoms with Crippen molar-refractivity contribution in [1.29, 1.82) is 0 Å². The normalized spacial score (nSPS) is 20.3. The van der Waals surface area contributed by atoms with Crippen molar-refractivity contribution in [2.24, 2.45) is 0 Å². The Balaban J connectivity index is 1.70. The molecule has 132 valence electrons. The fourth-order valence-electron chi connectivity index (χ4n) is 4.04. The van der Waals surface area contributed by atoms with Crippen LogP contribution >= 0.6 is 11.6 Å². The van der Waals surface area contributed by atoms with Crippen LogP contribution in [0.25, 0.3) is 0 Å². The van der Waals surface area contributed by atoms with Gasteiger partial charge < -0.3 is 10.2 Å². The van der Waals surface area contributed by atoms with Gasteiger partial charge in [-0.05, 0) is 37.3 Å². The van der Waals surface area contributed by atoms with Gasteiger partial charge >= 0.3 is 5.69 Å². The summed E-state index contributed by atoms with van der Waals surface area (Å²) in [5.74, 6) is 0.635. The van der Waals surface area contributed by atoms with Gasteiger partial charge in [0.1, 0.15) is 17.9 Å². The summed E-state index contributed by atoms with van der Waals surface area (Å²) in [5, 5.41) is 3.96. The Morgan fingerprint density at radius 3 is 2.72 bits per heavy atom. The summed E-state index contributed by atoms with van der Waals surface area (Å²) in [6.07, 6.45) is 4.96. The molecule has 7 heteroatoms. The molecule has 1 unspecified atom stereocenters. The zero-order chi connectivity index (χ0) is 17.4. The first-order chi connectivity index (χ1) is 12.1. The van der Waals surface area contributed by atoms with Gasteiger partial charge in [-0.25, -0.2) is 4.79 Å². The highest BCUT2D eigenvalue weighted by atomic mass is 35.5. The van der Waals surface area contributed by atoms with E-state index in [1.165, 1.54) is 30.6 Å². The maximum atomic E-state index is 12.4. The summed E-state index contributed by atoms with van der Waals surface area (Å²) in [6.45, 7) is 1.73. The minimum atomic E-state index is -0.402. The quantitative estimate of drug-likeness (QED) is 0.762. The van der Waals surface area contributed by atoms with Crippen molar-refractivity contribution in [2.45, 2.75) is 44.8 Å². The van der Waals surface area contributed by atoms with E-state index in [9.17, 15) is 9.59 Å². The maximum absolute atomic E-state index is 12.4. The predicted molar refractivity (Wildman–Crippen MR) is 97.3 cm³/mol. The van der Waals surface area contributed by atoms with Gasteiger partial charge in [-0.15, -0.1) is 0 Å². The second kappa shape index (κ2) is 6.69. The zero-order valence-electron chi connectivity index (χ0n) is 14.0. The van der Waals surface area contributed by atoms with Crippen LogP contribution in [0.2, 0.25) is 5.02 Å².